The van der Waals surface area contributed by atoms with Gasteiger partial charge in [0.1, 0.15) is 18.2 Å². The number of rotatable bonds is 12. The third kappa shape index (κ3) is 8.17. The minimum atomic E-state index is -2.40. The van der Waals surface area contributed by atoms with Crippen LogP contribution in [0.1, 0.15) is 12.8 Å². The fourth-order valence-corrected chi connectivity index (χ4v) is 1.67. The van der Waals surface area contributed by atoms with Crippen LogP contribution in [0.4, 0.5) is 0 Å². The van der Waals surface area contributed by atoms with E-state index in [9.17, 15) is 34.5 Å². The summed E-state index contributed by atoms with van der Waals surface area (Å²) in [5.41, 5.74) is 5.22. The van der Waals surface area contributed by atoms with Gasteiger partial charge in [-0.1, -0.05) is 0 Å². The Labute approximate surface area is 147 Å². The van der Waals surface area contributed by atoms with Crippen LogP contribution in [0.3, 0.4) is 0 Å². The number of aliphatic hydroxyl groups is 4. The molecule has 150 valence electrons. The number of hydrogen-bond acceptors (Lipinski definition) is 9. The van der Waals surface area contributed by atoms with Gasteiger partial charge < -0.3 is 47.0 Å². The van der Waals surface area contributed by atoms with Crippen LogP contribution < -0.4 is 16.4 Å². The minimum Gasteiger partial charge on any atom is -0.480 e. The SMILES string of the molecule is NC(CCC(=O)NCCNC(=O)C(O)C(O)C(O)C(O)C(=O)O)C(=O)O. The van der Waals surface area contributed by atoms with E-state index in [1.807, 2.05) is 0 Å². The van der Waals surface area contributed by atoms with Crippen molar-refractivity contribution in [3.05, 3.63) is 0 Å². The molecule has 0 aliphatic carbocycles. The molecular formula is C13H23N3O10. The zero-order valence-electron chi connectivity index (χ0n) is 13.6. The number of carbonyl (C=O) groups is 4. The van der Waals surface area contributed by atoms with Crippen LogP contribution in [-0.4, -0.2) is 97.9 Å². The van der Waals surface area contributed by atoms with Gasteiger partial charge >= 0.3 is 11.9 Å². The molecule has 2 amide bonds. The number of carboxylic acids is 2. The molecule has 0 saturated heterocycles. The second-order valence-corrected chi connectivity index (χ2v) is 5.33. The van der Waals surface area contributed by atoms with Crippen molar-refractivity contribution < 1.29 is 49.8 Å². The highest BCUT2D eigenvalue weighted by Crippen LogP contribution is 2.05. The molecule has 0 aliphatic heterocycles. The van der Waals surface area contributed by atoms with E-state index in [0.717, 1.165) is 0 Å². The van der Waals surface area contributed by atoms with E-state index in [4.69, 9.17) is 21.1 Å². The molecule has 0 aromatic heterocycles. The van der Waals surface area contributed by atoms with Crippen LogP contribution >= 0.6 is 0 Å². The Morgan fingerprint density at radius 3 is 1.81 bits per heavy atom. The molecule has 0 radical (unpaired) electrons. The molecule has 10 N–H and O–H groups in total. The first-order valence-electron chi connectivity index (χ1n) is 7.46. The van der Waals surface area contributed by atoms with Crippen molar-refractivity contribution in [1.29, 1.82) is 0 Å². The highest BCUT2D eigenvalue weighted by molar-refractivity contribution is 5.82. The summed E-state index contributed by atoms with van der Waals surface area (Å²) in [6.45, 7) is -0.271. The molecule has 5 unspecified atom stereocenters. The van der Waals surface area contributed by atoms with Gasteiger partial charge in [-0.15, -0.1) is 0 Å². The summed E-state index contributed by atoms with van der Waals surface area (Å²) in [5.74, 6) is -4.78. The first kappa shape index (κ1) is 23.7. The lowest BCUT2D eigenvalue weighted by molar-refractivity contribution is -0.166. The Balaban J connectivity index is 4.16. The molecule has 13 nitrogen and oxygen atoms in total. The average molecular weight is 381 g/mol. The molecule has 0 aromatic rings. The predicted molar refractivity (Wildman–Crippen MR) is 82.5 cm³/mol. The molecule has 13 heteroatoms. The van der Waals surface area contributed by atoms with Gasteiger partial charge in [-0.05, 0) is 6.42 Å². The molecular weight excluding hydrogens is 358 g/mol. The van der Waals surface area contributed by atoms with E-state index >= 15 is 0 Å². The number of hydrogen-bond donors (Lipinski definition) is 9. The van der Waals surface area contributed by atoms with Crippen LogP contribution in [0.2, 0.25) is 0 Å². The zero-order valence-corrected chi connectivity index (χ0v) is 13.6. The largest absolute Gasteiger partial charge is 0.480 e. The summed E-state index contributed by atoms with van der Waals surface area (Å²) in [6.07, 6.45) is -9.41. The number of aliphatic hydroxyl groups excluding tert-OH is 4. The predicted octanol–water partition coefficient (Wildman–Crippen LogP) is -5.06. The molecule has 0 heterocycles. The Morgan fingerprint density at radius 1 is 0.808 bits per heavy atom. The summed E-state index contributed by atoms with van der Waals surface area (Å²) in [7, 11) is 0. The molecule has 0 aliphatic rings. The Hall–Kier alpha value is -2.32. The highest BCUT2D eigenvalue weighted by atomic mass is 16.4. The van der Waals surface area contributed by atoms with Crippen molar-refractivity contribution in [2.75, 3.05) is 13.1 Å². The van der Waals surface area contributed by atoms with Gasteiger partial charge in [0.15, 0.2) is 12.2 Å². The normalized spacial score (nSPS) is 16.7. The maximum Gasteiger partial charge on any atom is 0.335 e. The summed E-state index contributed by atoms with van der Waals surface area (Å²) in [4.78, 5) is 43.9. The summed E-state index contributed by atoms with van der Waals surface area (Å²) >= 11 is 0. The fraction of sp³-hybridized carbons (Fsp3) is 0.692. The van der Waals surface area contributed by atoms with Crippen LogP contribution in [0, 0.1) is 0 Å². The van der Waals surface area contributed by atoms with Crippen molar-refractivity contribution >= 4 is 23.8 Å². The third-order valence-electron chi connectivity index (χ3n) is 3.26. The van der Waals surface area contributed by atoms with E-state index in [1.54, 1.807) is 0 Å². The smallest absolute Gasteiger partial charge is 0.335 e. The lowest BCUT2D eigenvalue weighted by Gasteiger charge is -2.24. The molecule has 26 heavy (non-hydrogen) atoms. The van der Waals surface area contributed by atoms with Crippen molar-refractivity contribution in [3.8, 4) is 0 Å². The topological polar surface area (TPSA) is 240 Å². The molecule has 0 bridgehead atoms. The van der Waals surface area contributed by atoms with Gasteiger partial charge in [-0.25, -0.2) is 4.79 Å². The Kier molecular flexibility index (Phi) is 10.3. The summed E-state index contributed by atoms with van der Waals surface area (Å²) < 4.78 is 0. The quantitative estimate of drug-likeness (QED) is 0.145. The summed E-state index contributed by atoms with van der Waals surface area (Å²) in [6, 6.07) is -1.18. The second-order valence-electron chi connectivity index (χ2n) is 5.33. The standard InChI is InChI=1S/C13H23N3O10/c14-5(12(23)24)1-2-6(17)15-3-4-16-11(22)9(20)7(18)8(19)10(21)13(25)26/h5,7-10,18-21H,1-4,14H2,(H,15,17)(H,16,22)(H,23,24)(H,25,26). The van der Waals surface area contributed by atoms with E-state index in [2.05, 4.69) is 10.6 Å². The number of carboxylic acid groups (broad SMARTS) is 2. The van der Waals surface area contributed by atoms with Crippen molar-refractivity contribution in [2.24, 2.45) is 5.73 Å². The minimum absolute atomic E-state index is 0.0811. The van der Waals surface area contributed by atoms with Crippen LogP contribution in [0.5, 0.6) is 0 Å². The number of carbonyl (C=O) groups excluding carboxylic acids is 2. The monoisotopic (exact) mass is 381 g/mol. The van der Waals surface area contributed by atoms with Crippen molar-refractivity contribution in [1.82, 2.24) is 10.6 Å². The van der Waals surface area contributed by atoms with E-state index in [-0.39, 0.29) is 25.9 Å². The number of nitrogens with two attached hydrogens (primary N) is 1. The Morgan fingerprint density at radius 2 is 1.31 bits per heavy atom. The molecule has 0 saturated carbocycles. The lowest BCUT2D eigenvalue weighted by Crippen LogP contribution is -2.53. The molecule has 0 rings (SSSR count). The number of amides is 2. The first-order valence-corrected chi connectivity index (χ1v) is 7.46. The molecule has 5 atom stereocenters. The van der Waals surface area contributed by atoms with Crippen LogP contribution in [-0.2, 0) is 19.2 Å². The number of nitrogens with one attached hydrogen (secondary N) is 2. The van der Waals surface area contributed by atoms with E-state index < -0.39 is 54.2 Å². The van der Waals surface area contributed by atoms with Gasteiger partial charge in [0.05, 0.1) is 0 Å². The van der Waals surface area contributed by atoms with Crippen molar-refractivity contribution in [2.45, 2.75) is 43.3 Å². The van der Waals surface area contributed by atoms with E-state index in [0.29, 0.717) is 0 Å². The fourth-order valence-electron chi connectivity index (χ4n) is 1.67. The molecule has 0 aromatic carbocycles. The van der Waals surface area contributed by atoms with Gasteiger partial charge in [-0.2, -0.15) is 0 Å². The van der Waals surface area contributed by atoms with Crippen LogP contribution in [0.25, 0.3) is 0 Å². The lowest BCUT2D eigenvalue weighted by atomic mass is 10.0. The van der Waals surface area contributed by atoms with Gasteiger partial charge in [-0.3, -0.25) is 14.4 Å². The van der Waals surface area contributed by atoms with Gasteiger partial charge in [0.2, 0.25) is 5.91 Å². The van der Waals surface area contributed by atoms with E-state index in [1.165, 1.54) is 0 Å². The second kappa shape index (κ2) is 11.3. The van der Waals surface area contributed by atoms with Gasteiger partial charge in [0.25, 0.3) is 5.91 Å². The van der Waals surface area contributed by atoms with Crippen LogP contribution in [0.15, 0.2) is 0 Å². The maximum absolute atomic E-state index is 11.6. The first-order chi connectivity index (χ1) is 12.0. The molecule has 0 spiro atoms. The van der Waals surface area contributed by atoms with Gasteiger partial charge in [0, 0.05) is 19.5 Å². The molecule has 0 fully saturated rings. The Bertz CT molecular complexity index is 514. The summed E-state index contributed by atoms with van der Waals surface area (Å²) in [5, 5.41) is 58.8. The van der Waals surface area contributed by atoms with Crippen molar-refractivity contribution in [3.63, 3.8) is 0 Å². The average Bonchev–Trinajstić information content (AvgIpc) is 2.59. The zero-order chi connectivity index (χ0) is 20.4. The maximum atomic E-state index is 11.6. The number of aliphatic carboxylic acids is 2. The highest BCUT2D eigenvalue weighted by Gasteiger charge is 2.37. The third-order valence-corrected chi connectivity index (χ3v) is 3.26.